The Labute approximate surface area is 155 Å². The maximum atomic E-state index is 12.3. The number of amides is 1. The predicted octanol–water partition coefficient (Wildman–Crippen LogP) is 4.15. The molecule has 0 aliphatic heterocycles. The minimum atomic E-state index is -0.257. The Hall–Kier alpha value is -2.47. The monoisotopic (exact) mass is 398 g/mol. The van der Waals surface area contributed by atoms with Crippen molar-refractivity contribution < 1.29 is 4.79 Å². The topological polar surface area (TPSA) is 59.8 Å². The Morgan fingerprint density at radius 3 is 2.56 bits per heavy atom. The van der Waals surface area contributed by atoms with Crippen molar-refractivity contribution in [1.82, 2.24) is 20.1 Å². The van der Waals surface area contributed by atoms with E-state index in [2.05, 4.69) is 31.3 Å². The lowest BCUT2D eigenvalue weighted by Gasteiger charge is -2.08. The summed E-state index contributed by atoms with van der Waals surface area (Å²) in [6, 6.07) is 15.7. The summed E-state index contributed by atoms with van der Waals surface area (Å²) in [7, 11) is 0. The minimum Gasteiger partial charge on any atom is -0.349 e. The van der Waals surface area contributed by atoms with Gasteiger partial charge < -0.3 is 5.32 Å². The van der Waals surface area contributed by atoms with Crippen molar-refractivity contribution in [2.24, 2.45) is 0 Å². The van der Waals surface area contributed by atoms with Crippen molar-refractivity contribution >= 4 is 21.8 Å². The van der Waals surface area contributed by atoms with Crippen LogP contribution in [0.2, 0.25) is 0 Å². The van der Waals surface area contributed by atoms with Crippen LogP contribution in [0.3, 0.4) is 0 Å². The molecule has 1 N–H and O–H groups in total. The van der Waals surface area contributed by atoms with Crippen LogP contribution in [0.4, 0.5) is 0 Å². The van der Waals surface area contributed by atoms with Crippen LogP contribution in [-0.2, 0) is 0 Å². The summed E-state index contributed by atoms with van der Waals surface area (Å²) in [6.45, 7) is 4.62. The highest BCUT2D eigenvalue weighted by atomic mass is 79.9. The first-order valence-corrected chi connectivity index (χ1v) is 8.96. The van der Waals surface area contributed by atoms with E-state index >= 15 is 0 Å². The maximum absolute atomic E-state index is 12.3. The molecule has 0 aliphatic rings. The molecule has 0 aliphatic carbocycles. The lowest BCUT2D eigenvalue weighted by atomic mass is 10.2. The van der Waals surface area contributed by atoms with Gasteiger partial charge in [0, 0.05) is 16.6 Å². The Kier molecular flexibility index (Phi) is 5.28. The number of carbonyl (C=O) groups is 1. The van der Waals surface area contributed by atoms with Crippen LogP contribution in [0.1, 0.15) is 29.5 Å². The van der Waals surface area contributed by atoms with Crippen LogP contribution in [0, 0.1) is 6.92 Å². The maximum Gasteiger partial charge on any atom is 0.290 e. The number of para-hydroxylation sites is 1. The predicted molar refractivity (Wildman–Crippen MR) is 102 cm³/mol. The first-order valence-electron chi connectivity index (χ1n) is 8.17. The van der Waals surface area contributed by atoms with Crippen LogP contribution in [0.15, 0.2) is 53.0 Å². The molecule has 2 aromatic carbocycles. The number of benzene rings is 2. The van der Waals surface area contributed by atoms with Crippen LogP contribution >= 0.6 is 15.9 Å². The highest BCUT2D eigenvalue weighted by Gasteiger charge is 2.19. The molecule has 0 atom stereocenters. The summed E-state index contributed by atoms with van der Waals surface area (Å²) >= 11 is 3.44. The summed E-state index contributed by atoms with van der Waals surface area (Å²) in [5, 5.41) is 7.31. The van der Waals surface area contributed by atoms with Gasteiger partial charge in [-0.3, -0.25) is 4.79 Å². The number of halogens is 1. The van der Waals surface area contributed by atoms with Crippen molar-refractivity contribution in [1.29, 1.82) is 0 Å². The van der Waals surface area contributed by atoms with Crippen molar-refractivity contribution in [3.8, 4) is 17.1 Å². The van der Waals surface area contributed by atoms with E-state index in [9.17, 15) is 4.79 Å². The van der Waals surface area contributed by atoms with E-state index in [-0.39, 0.29) is 11.7 Å². The fourth-order valence-corrected chi connectivity index (χ4v) is 2.75. The molecule has 3 rings (SSSR count). The molecule has 0 saturated heterocycles. The Bertz CT molecular complexity index is 887. The first kappa shape index (κ1) is 17.4. The summed E-state index contributed by atoms with van der Waals surface area (Å²) in [6.07, 6.45) is 0.865. The molecule has 0 saturated carbocycles. The zero-order valence-corrected chi connectivity index (χ0v) is 15.7. The second-order valence-electron chi connectivity index (χ2n) is 5.72. The Morgan fingerprint density at radius 1 is 1.16 bits per heavy atom. The van der Waals surface area contributed by atoms with Crippen LogP contribution in [-0.4, -0.2) is 27.2 Å². The highest BCUT2D eigenvalue weighted by Crippen LogP contribution is 2.24. The molecular weight excluding hydrogens is 380 g/mol. The van der Waals surface area contributed by atoms with Gasteiger partial charge in [-0.15, -0.1) is 5.10 Å². The van der Waals surface area contributed by atoms with E-state index in [1.807, 2.05) is 62.4 Å². The van der Waals surface area contributed by atoms with Gasteiger partial charge in [0.05, 0.1) is 5.69 Å². The van der Waals surface area contributed by atoms with Gasteiger partial charge in [-0.2, -0.15) is 0 Å². The first-order chi connectivity index (χ1) is 12.1. The molecule has 0 unspecified atom stereocenters. The normalized spacial score (nSPS) is 10.7. The molecular formula is C19H19BrN4O. The zero-order valence-electron chi connectivity index (χ0n) is 14.2. The third-order valence-electron chi connectivity index (χ3n) is 3.79. The molecule has 25 heavy (non-hydrogen) atoms. The third kappa shape index (κ3) is 3.79. The van der Waals surface area contributed by atoms with Crippen LogP contribution < -0.4 is 5.32 Å². The SMILES string of the molecule is CCCNC(=O)c1nc(-c2ccc(Br)cc2)n(-c2ccccc2C)n1. The molecule has 0 bridgehead atoms. The molecule has 1 amide bonds. The molecule has 6 heteroatoms. The number of aryl methyl sites for hydroxylation is 1. The van der Waals surface area contributed by atoms with E-state index in [0.717, 1.165) is 27.7 Å². The summed E-state index contributed by atoms with van der Waals surface area (Å²) < 4.78 is 2.72. The van der Waals surface area contributed by atoms with Crippen LogP contribution in [0.25, 0.3) is 17.1 Å². The van der Waals surface area contributed by atoms with Gasteiger partial charge in [-0.1, -0.05) is 53.2 Å². The Balaban J connectivity index is 2.11. The molecule has 5 nitrogen and oxygen atoms in total. The fraction of sp³-hybridized carbons (Fsp3) is 0.211. The number of nitrogens with zero attached hydrogens (tertiary/aromatic N) is 3. The van der Waals surface area contributed by atoms with E-state index in [0.29, 0.717) is 12.4 Å². The lowest BCUT2D eigenvalue weighted by molar-refractivity contribution is 0.0943. The van der Waals surface area contributed by atoms with E-state index in [4.69, 9.17) is 0 Å². The summed E-state index contributed by atoms with van der Waals surface area (Å²) in [4.78, 5) is 16.8. The van der Waals surface area contributed by atoms with Gasteiger partial charge in [-0.25, -0.2) is 9.67 Å². The van der Waals surface area contributed by atoms with Crippen molar-refractivity contribution in [2.45, 2.75) is 20.3 Å². The molecule has 3 aromatic rings. The fourth-order valence-electron chi connectivity index (χ4n) is 2.48. The van der Waals surface area contributed by atoms with Gasteiger partial charge in [0.15, 0.2) is 5.82 Å². The smallest absolute Gasteiger partial charge is 0.290 e. The highest BCUT2D eigenvalue weighted by molar-refractivity contribution is 9.10. The molecule has 1 aromatic heterocycles. The molecule has 0 fully saturated rings. The Morgan fingerprint density at radius 2 is 1.88 bits per heavy atom. The van der Waals surface area contributed by atoms with Gasteiger partial charge in [0.2, 0.25) is 5.82 Å². The van der Waals surface area contributed by atoms with E-state index < -0.39 is 0 Å². The zero-order chi connectivity index (χ0) is 17.8. The lowest BCUT2D eigenvalue weighted by Crippen LogP contribution is -2.25. The number of carbonyl (C=O) groups excluding carboxylic acids is 1. The van der Waals surface area contributed by atoms with E-state index in [1.54, 1.807) is 4.68 Å². The van der Waals surface area contributed by atoms with Crippen LogP contribution in [0.5, 0.6) is 0 Å². The summed E-state index contributed by atoms with van der Waals surface area (Å²) in [5.74, 6) is 0.561. The quantitative estimate of drug-likeness (QED) is 0.702. The second-order valence-corrected chi connectivity index (χ2v) is 6.64. The number of rotatable bonds is 5. The number of nitrogens with one attached hydrogen (secondary N) is 1. The van der Waals surface area contributed by atoms with Crippen molar-refractivity contribution in [3.05, 3.63) is 64.4 Å². The third-order valence-corrected chi connectivity index (χ3v) is 4.32. The van der Waals surface area contributed by atoms with Crippen molar-refractivity contribution in [3.63, 3.8) is 0 Å². The standard InChI is InChI=1S/C19H19BrN4O/c1-3-12-21-19(25)17-22-18(14-8-10-15(20)11-9-14)24(23-17)16-7-5-4-6-13(16)2/h4-11H,3,12H2,1-2H3,(H,21,25). The van der Waals surface area contributed by atoms with Gasteiger partial charge in [0.25, 0.3) is 5.91 Å². The number of aromatic nitrogens is 3. The van der Waals surface area contributed by atoms with Gasteiger partial charge >= 0.3 is 0 Å². The summed E-state index contributed by atoms with van der Waals surface area (Å²) in [5.41, 5.74) is 2.86. The molecule has 128 valence electrons. The second kappa shape index (κ2) is 7.61. The number of hydrogen-bond acceptors (Lipinski definition) is 3. The minimum absolute atomic E-state index is 0.176. The van der Waals surface area contributed by atoms with Gasteiger partial charge in [-0.05, 0) is 37.1 Å². The largest absolute Gasteiger partial charge is 0.349 e. The molecule has 0 spiro atoms. The average Bonchev–Trinajstić information content (AvgIpc) is 3.06. The number of hydrogen-bond donors (Lipinski definition) is 1. The van der Waals surface area contributed by atoms with E-state index in [1.165, 1.54) is 0 Å². The molecule has 0 radical (unpaired) electrons. The van der Waals surface area contributed by atoms with Gasteiger partial charge in [0.1, 0.15) is 0 Å². The molecule has 1 heterocycles. The average molecular weight is 399 g/mol. The van der Waals surface area contributed by atoms with Crippen molar-refractivity contribution in [2.75, 3.05) is 6.54 Å².